The molecule has 7 heteroatoms. The molecule has 0 radical (unpaired) electrons. The van der Waals surface area contributed by atoms with Crippen LogP contribution in [0.3, 0.4) is 0 Å². The van der Waals surface area contributed by atoms with E-state index in [4.69, 9.17) is 4.74 Å². The van der Waals surface area contributed by atoms with E-state index in [0.29, 0.717) is 12.4 Å². The molecular weight excluding hydrogens is 366 g/mol. The lowest BCUT2D eigenvalue weighted by Gasteiger charge is -1.99. The predicted octanol–water partition coefficient (Wildman–Crippen LogP) is 3.17. The second-order valence-corrected chi connectivity index (χ2v) is 5.12. The predicted molar refractivity (Wildman–Crippen MR) is 73.2 cm³/mol. The summed E-state index contributed by atoms with van der Waals surface area (Å²) in [7, 11) is 0. The standard InChI is InChI=1S/C11H9Br2N3O2/c1-2-18-11(17)10-14-9(15-16-10)7-4-3-6(12)5-8(7)13/h3-5H,2H2,1H3,(H,14,15,16). The van der Waals surface area contributed by atoms with E-state index < -0.39 is 5.97 Å². The largest absolute Gasteiger partial charge is 0.460 e. The summed E-state index contributed by atoms with van der Waals surface area (Å²) < 4.78 is 6.62. The fraction of sp³-hybridized carbons (Fsp3) is 0.182. The summed E-state index contributed by atoms with van der Waals surface area (Å²) in [6.07, 6.45) is 0. The summed E-state index contributed by atoms with van der Waals surface area (Å²) in [5, 5.41) is 6.56. The van der Waals surface area contributed by atoms with Crippen LogP contribution >= 0.6 is 31.9 Å². The molecule has 0 spiro atoms. The van der Waals surface area contributed by atoms with E-state index in [2.05, 4.69) is 47.0 Å². The molecule has 1 aromatic carbocycles. The Labute approximate surface area is 120 Å². The summed E-state index contributed by atoms with van der Waals surface area (Å²) in [5.74, 6) is 0.0311. The van der Waals surface area contributed by atoms with Gasteiger partial charge in [-0.05, 0) is 41.1 Å². The van der Waals surface area contributed by atoms with Crippen LogP contribution in [-0.4, -0.2) is 27.8 Å². The van der Waals surface area contributed by atoms with Gasteiger partial charge in [-0.3, -0.25) is 5.10 Å². The Balaban J connectivity index is 2.32. The SMILES string of the molecule is CCOC(=O)c1nc(-c2ccc(Br)cc2Br)n[nH]1. The van der Waals surface area contributed by atoms with Crippen molar-refractivity contribution in [2.24, 2.45) is 0 Å². The number of aromatic amines is 1. The van der Waals surface area contributed by atoms with Gasteiger partial charge in [-0.1, -0.05) is 15.9 Å². The number of carbonyl (C=O) groups is 1. The van der Waals surface area contributed by atoms with Gasteiger partial charge in [0.1, 0.15) is 0 Å². The number of rotatable bonds is 3. The molecule has 0 aliphatic heterocycles. The Bertz CT molecular complexity index is 583. The topological polar surface area (TPSA) is 67.9 Å². The van der Waals surface area contributed by atoms with Crippen LogP contribution in [0.2, 0.25) is 0 Å². The van der Waals surface area contributed by atoms with Crippen molar-refractivity contribution in [2.75, 3.05) is 6.61 Å². The molecule has 0 bridgehead atoms. The first-order chi connectivity index (χ1) is 8.61. The van der Waals surface area contributed by atoms with Crippen molar-refractivity contribution in [1.29, 1.82) is 0 Å². The molecule has 0 atom stereocenters. The molecule has 0 unspecified atom stereocenters. The summed E-state index contributed by atoms with van der Waals surface area (Å²) >= 11 is 6.79. The molecule has 1 heterocycles. The fourth-order valence-electron chi connectivity index (χ4n) is 1.34. The van der Waals surface area contributed by atoms with Gasteiger partial charge in [0.25, 0.3) is 0 Å². The third-order valence-electron chi connectivity index (χ3n) is 2.13. The number of hydrogen-bond donors (Lipinski definition) is 1. The molecule has 0 saturated heterocycles. The fourth-order valence-corrected chi connectivity index (χ4v) is 2.57. The van der Waals surface area contributed by atoms with Crippen LogP contribution in [-0.2, 0) is 4.74 Å². The smallest absolute Gasteiger partial charge is 0.375 e. The van der Waals surface area contributed by atoms with Crippen LogP contribution in [0.15, 0.2) is 27.1 Å². The van der Waals surface area contributed by atoms with Gasteiger partial charge in [0.2, 0.25) is 5.82 Å². The monoisotopic (exact) mass is 373 g/mol. The quantitative estimate of drug-likeness (QED) is 0.838. The third kappa shape index (κ3) is 2.78. The zero-order valence-corrected chi connectivity index (χ0v) is 12.6. The maximum atomic E-state index is 11.5. The number of aromatic nitrogens is 3. The number of nitrogens with one attached hydrogen (secondary N) is 1. The first-order valence-corrected chi connectivity index (χ1v) is 6.75. The van der Waals surface area contributed by atoms with Gasteiger partial charge < -0.3 is 4.74 Å². The summed E-state index contributed by atoms with van der Waals surface area (Å²) in [5.41, 5.74) is 0.796. The van der Waals surface area contributed by atoms with Crippen LogP contribution in [0.1, 0.15) is 17.5 Å². The zero-order valence-electron chi connectivity index (χ0n) is 9.41. The van der Waals surface area contributed by atoms with Crippen LogP contribution in [0.4, 0.5) is 0 Å². The molecule has 0 aliphatic rings. The van der Waals surface area contributed by atoms with Crippen LogP contribution in [0, 0.1) is 0 Å². The Kier molecular flexibility index (Phi) is 4.13. The zero-order chi connectivity index (χ0) is 13.1. The molecule has 0 saturated carbocycles. The summed E-state index contributed by atoms with van der Waals surface area (Å²) in [6, 6.07) is 5.61. The third-order valence-corrected chi connectivity index (χ3v) is 3.28. The lowest BCUT2D eigenvalue weighted by atomic mass is 10.2. The Morgan fingerprint density at radius 3 is 2.89 bits per heavy atom. The van der Waals surface area contributed by atoms with Crippen LogP contribution < -0.4 is 0 Å². The molecule has 1 aromatic heterocycles. The first kappa shape index (κ1) is 13.2. The highest BCUT2D eigenvalue weighted by Gasteiger charge is 2.15. The molecule has 0 amide bonds. The first-order valence-electron chi connectivity index (χ1n) is 5.16. The highest BCUT2D eigenvalue weighted by molar-refractivity contribution is 9.11. The molecule has 2 rings (SSSR count). The number of carbonyl (C=O) groups excluding carboxylic acids is 1. The van der Waals surface area contributed by atoms with Gasteiger partial charge in [-0.2, -0.15) is 5.10 Å². The number of hydrogen-bond acceptors (Lipinski definition) is 4. The van der Waals surface area contributed by atoms with Crippen molar-refractivity contribution in [3.05, 3.63) is 33.0 Å². The van der Waals surface area contributed by atoms with Gasteiger partial charge >= 0.3 is 5.97 Å². The molecule has 94 valence electrons. The maximum Gasteiger partial charge on any atom is 0.375 e. The molecule has 0 aliphatic carbocycles. The maximum absolute atomic E-state index is 11.5. The van der Waals surface area contributed by atoms with E-state index in [0.717, 1.165) is 14.5 Å². The molecule has 5 nitrogen and oxygen atoms in total. The normalized spacial score (nSPS) is 10.4. The number of benzene rings is 1. The summed E-state index contributed by atoms with van der Waals surface area (Å²) in [6.45, 7) is 2.04. The lowest BCUT2D eigenvalue weighted by Crippen LogP contribution is -2.06. The van der Waals surface area contributed by atoms with Crippen molar-refractivity contribution in [1.82, 2.24) is 15.2 Å². The van der Waals surface area contributed by atoms with Crippen molar-refractivity contribution in [3.8, 4) is 11.4 Å². The van der Waals surface area contributed by atoms with Crippen molar-refractivity contribution in [2.45, 2.75) is 6.92 Å². The number of halogens is 2. The van der Waals surface area contributed by atoms with Crippen molar-refractivity contribution in [3.63, 3.8) is 0 Å². The van der Waals surface area contributed by atoms with Gasteiger partial charge in [-0.15, -0.1) is 0 Å². The van der Waals surface area contributed by atoms with Crippen molar-refractivity contribution >= 4 is 37.8 Å². The van der Waals surface area contributed by atoms with Gasteiger partial charge in [0.15, 0.2) is 5.82 Å². The average Bonchev–Trinajstić information content (AvgIpc) is 2.78. The molecule has 18 heavy (non-hydrogen) atoms. The van der Waals surface area contributed by atoms with E-state index in [9.17, 15) is 4.79 Å². The number of nitrogens with zero attached hydrogens (tertiary/aromatic N) is 2. The minimum absolute atomic E-state index is 0.0988. The van der Waals surface area contributed by atoms with Crippen LogP contribution in [0.25, 0.3) is 11.4 Å². The minimum Gasteiger partial charge on any atom is -0.460 e. The molecule has 1 N–H and O–H groups in total. The number of esters is 1. The van der Waals surface area contributed by atoms with Crippen LogP contribution in [0.5, 0.6) is 0 Å². The van der Waals surface area contributed by atoms with Gasteiger partial charge in [0.05, 0.1) is 6.61 Å². The number of ether oxygens (including phenoxy) is 1. The number of H-pyrrole nitrogens is 1. The second-order valence-electron chi connectivity index (χ2n) is 3.35. The van der Waals surface area contributed by atoms with Gasteiger partial charge in [-0.25, -0.2) is 9.78 Å². The molecule has 2 aromatic rings. The minimum atomic E-state index is -0.510. The Morgan fingerprint density at radius 2 is 2.22 bits per heavy atom. The summed E-state index contributed by atoms with van der Waals surface area (Å²) in [4.78, 5) is 15.6. The average molecular weight is 375 g/mol. The lowest BCUT2D eigenvalue weighted by molar-refractivity contribution is 0.0512. The van der Waals surface area contributed by atoms with E-state index in [1.807, 2.05) is 18.2 Å². The highest BCUT2D eigenvalue weighted by atomic mass is 79.9. The highest BCUT2D eigenvalue weighted by Crippen LogP contribution is 2.28. The van der Waals surface area contributed by atoms with E-state index in [-0.39, 0.29) is 5.82 Å². The Hall–Kier alpha value is -1.21. The van der Waals surface area contributed by atoms with E-state index in [1.165, 1.54) is 0 Å². The van der Waals surface area contributed by atoms with E-state index >= 15 is 0 Å². The van der Waals surface area contributed by atoms with Gasteiger partial charge in [0, 0.05) is 14.5 Å². The molecule has 0 fully saturated rings. The molecular formula is C11H9Br2N3O2. The second kappa shape index (κ2) is 5.62. The van der Waals surface area contributed by atoms with E-state index in [1.54, 1.807) is 6.92 Å². The van der Waals surface area contributed by atoms with Crippen molar-refractivity contribution < 1.29 is 9.53 Å². The Morgan fingerprint density at radius 1 is 1.44 bits per heavy atom.